The number of hydrogen-bond acceptors (Lipinski definition) is 1. The van der Waals surface area contributed by atoms with E-state index >= 15 is 0 Å². The van der Waals surface area contributed by atoms with Crippen LogP contribution < -0.4 is 5.32 Å². The molecule has 0 saturated heterocycles. The zero-order valence-electron chi connectivity index (χ0n) is 10.5. The third-order valence-electron chi connectivity index (χ3n) is 2.77. The van der Waals surface area contributed by atoms with E-state index in [0.29, 0.717) is 12.1 Å². The Morgan fingerprint density at radius 1 is 1.19 bits per heavy atom. The summed E-state index contributed by atoms with van der Waals surface area (Å²) in [5.74, 6) is 0. The van der Waals surface area contributed by atoms with Crippen molar-refractivity contribution < 1.29 is 0 Å². The fourth-order valence-corrected chi connectivity index (χ4v) is 2.27. The minimum atomic E-state index is 0.474. The molecule has 2 heteroatoms. The van der Waals surface area contributed by atoms with Gasteiger partial charge in [-0.05, 0) is 38.3 Å². The molecule has 0 fully saturated rings. The Morgan fingerprint density at radius 2 is 1.88 bits per heavy atom. The third-order valence-corrected chi connectivity index (χ3v) is 3.14. The lowest BCUT2D eigenvalue weighted by Crippen LogP contribution is -2.35. The van der Waals surface area contributed by atoms with Crippen LogP contribution in [0.25, 0.3) is 0 Å². The monoisotopic (exact) mass is 239 g/mol. The molecule has 0 saturated carbocycles. The van der Waals surface area contributed by atoms with E-state index in [9.17, 15) is 0 Å². The molecular weight excluding hydrogens is 218 g/mol. The van der Waals surface area contributed by atoms with Gasteiger partial charge < -0.3 is 5.32 Å². The summed E-state index contributed by atoms with van der Waals surface area (Å²) in [5, 5.41) is 4.47. The normalized spacial score (nSPS) is 14.8. The molecule has 1 N–H and O–H groups in total. The van der Waals surface area contributed by atoms with E-state index in [1.165, 1.54) is 18.4 Å². The lowest BCUT2D eigenvalue weighted by atomic mass is 10.1. The summed E-state index contributed by atoms with van der Waals surface area (Å²) in [7, 11) is 0. The van der Waals surface area contributed by atoms with Crippen LogP contribution in [0.2, 0.25) is 5.02 Å². The van der Waals surface area contributed by atoms with Gasteiger partial charge in [0.1, 0.15) is 0 Å². The van der Waals surface area contributed by atoms with Gasteiger partial charge in [-0.1, -0.05) is 43.1 Å². The van der Waals surface area contributed by atoms with Gasteiger partial charge in [0.05, 0.1) is 0 Å². The average Bonchev–Trinajstić information content (AvgIpc) is 2.21. The second-order valence-corrected chi connectivity index (χ2v) is 4.96. The molecule has 0 spiro atoms. The highest BCUT2D eigenvalue weighted by atomic mass is 35.5. The highest BCUT2D eigenvalue weighted by molar-refractivity contribution is 6.31. The molecule has 0 bridgehead atoms. The Kier molecular flexibility index (Phi) is 5.86. The molecule has 1 rings (SSSR count). The number of rotatable bonds is 6. The summed E-state index contributed by atoms with van der Waals surface area (Å²) in [5.41, 5.74) is 1.23. The first-order valence-electron chi connectivity index (χ1n) is 6.13. The molecule has 16 heavy (non-hydrogen) atoms. The molecule has 2 atom stereocenters. The van der Waals surface area contributed by atoms with Crippen molar-refractivity contribution in [2.45, 2.75) is 52.1 Å². The second-order valence-electron chi connectivity index (χ2n) is 4.55. The Bertz CT molecular complexity index is 311. The van der Waals surface area contributed by atoms with Gasteiger partial charge in [-0.3, -0.25) is 0 Å². The van der Waals surface area contributed by atoms with Gasteiger partial charge in [0.2, 0.25) is 0 Å². The summed E-state index contributed by atoms with van der Waals surface area (Å²) >= 11 is 6.14. The van der Waals surface area contributed by atoms with Crippen LogP contribution in [0.15, 0.2) is 24.3 Å². The maximum atomic E-state index is 6.14. The summed E-state index contributed by atoms with van der Waals surface area (Å²) in [6.45, 7) is 6.68. The Morgan fingerprint density at radius 3 is 2.50 bits per heavy atom. The zero-order chi connectivity index (χ0) is 12.0. The zero-order valence-corrected chi connectivity index (χ0v) is 11.2. The van der Waals surface area contributed by atoms with E-state index < -0.39 is 0 Å². The molecule has 0 aliphatic rings. The number of halogens is 1. The summed E-state index contributed by atoms with van der Waals surface area (Å²) in [6.07, 6.45) is 3.45. The van der Waals surface area contributed by atoms with E-state index in [1.54, 1.807) is 0 Å². The first-order chi connectivity index (χ1) is 7.63. The van der Waals surface area contributed by atoms with Crippen molar-refractivity contribution in [2.24, 2.45) is 0 Å². The third kappa shape index (κ3) is 4.54. The molecule has 0 aliphatic carbocycles. The van der Waals surface area contributed by atoms with Crippen LogP contribution in [0.5, 0.6) is 0 Å². The van der Waals surface area contributed by atoms with E-state index in [2.05, 4.69) is 32.2 Å². The van der Waals surface area contributed by atoms with Crippen molar-refractivity contribution in [3.8, 4) is 0 Å². The second kappa shape index (κ2) is 6.93. The Hall–Kier alpha value is -0.530. The van der Waals surface area contributed by atoms with Gasteiger partial charge in [-0.2, -0.15) is 0 Å². The van der Waals surface area contributed by atoms with Crippen molar-refractivity contribution in [3.63, 3.8) is 0 Å². The molecule has 90 valence electrons. The van der Waals surface area contributed by atoms with Crippen molar-refractivity contribution in [1.29, 1.82) is 0 Å². The molecule has 1 nitrogen and oxygen atoms in total. The van der Waals surface area contributed by atoms with Gasteiger partial charge in [0.15, 0.2) is 0 Å². The predicted octanol–water partition coefficient (Wildman–Crippen LogP) is 4.05. The molecule has 0 amide bonds. The maximum absolute atomic E-state index is 6.14. The fourth-order valence-electron chi connectivity index (χ4n) is 2.05. The molecule has 0 radical (unpaired) electrons. The lowest BCUT2D eigenvalue weighted by Gasteiger charge is -2.20. The van der Waals surface area contributed by atoms with Crippen LogP contribution in [-0.4, -0.2) is 12.1 Å². The van der Waals surface area contributed by atoms with Crippen LogP contribution in [0.3, 0.4) is 0 Å². The molecule has 0 aromatic heterocycles. The predicted molar refractivity (Wildman–Crippen MR) is 72.1 cm³/mol. The van der Waals surface area contributed by atoms with Crippen molar-refractivity contribution >= 4 is 11.6 Å². The SMILES string of the molecule is CCCC(C)NC(C)Cc1ccccc1Cl. The quantitative estimate of drug-likeness (QED) is 0.790. The Balaban J connectivity index is 2.45. The standard InChI is InChI=1S/C14H22ClN/c1-4-7-11(2)16-12(3)10-13-8-5-6-9-14(13)15/h5-6,8-9,11-12,16H,4,7,10H2,1-3H3. The van der Waals surface area contributed by atoms with Crippen LogP contribution in [0, 0.1) is 0 Å². The lowest BCUT2D eigenvalue weighted by molar-refractivity contribution is 0.441. The summed E-state index contributed by atoms with van der Waals surface area (Å²) in [6, 6.07) is 9.14. The minimum absolute atomic E-state index is 0.474. The van der Waals surface area contributed by atoms with Crippen LogP contribution in [-0.2, 0) is 6.42 Å². The van der Waals surface area contributed by atoms with Gasteiger partial charge in [0.25, 0.3) is 0 Å². The topological polar surface area (TPSA) is 12.0 Å². The van der Waals surface area contributed by atoms with E-state index in [-0.39, 0.29) is 0 Å². The molecule has 1 aromatic rings. The first-order valence-corrected chi connectivity index (χ1v) is 6.50. The van der Waals surface area contributed by atoms with Gasteiger partial charge in [-0.25, -0.2) is 0 Å². The first kappa shape index (κ1) is 13.5. The highest BCUT2D eigenvalue weighted by Crippen LogP contribution is 2.16. The molecule has 1 aromatic carbocycles. The number of benzene rings is 1. The van der Waals surface area contributed by atoms with Crippen molar-refractivity contribution in [1.82, 2.24) is 5.32 Å². The van der Waals surface area contributed by atoms with Crippen molar-refractivity contribution in [2.75, 3.05) is 0 Å². The highest BCUT2D eigenvalue weighted by Gasteiger charge is 2.08. The van der Waals surface area contributed by atoms with Gasteiger partial charge >= 0.3 is 0 Å². The largest absolute Gasteiger partial charge is 0.311 e. The van der Waals surface area contributed by atoms with Gasteiger partial charge in [0, 0.05) is 17.1 Å². The van der Waals surface area contributed by atoms with Crippen LogP contribution >= 0.6 is 11.6 Å². The van der Waals surface area contributed by atoms with E-state index in [0.717, 1.165) is 11.4 Å². The number of nitrogens with one attached hydrogen (secondary N) is 1. The molecule has 2 unspecified atom stereocenters. The van der Waals surface area contributed by atoms with E-state index in [4.69, 9.17) is 11.6 Å². The number of hydrogen-bond donors (Lipinski definition) is 1. The maximum Gasteiger partial charge on any atom is 0.0438 e. The summed E-state index contributed by atoms with van der Waals surface area (Å²) in [4.78, 5) is 0. The minimum Gasteiger partial charge on any atom is -0.311 e. The smallest absolute Gasteiger partial charge is 0.0438 e. The molecular formula is C14H22ClN. The van der Waals surface area contributed by atoms with Gasteiger partial charge in [-0.15, -0.1) is 0 Å². The Labute approximate surface area is 104 Å². The van der Waals surface area contributed by atoms with E-state index in [1.807, 2.05) is 18.2 Å². The molecule has 0 heterocycles. The fraction of sp³-hybridized carbons (Fsp3) is 0.571. The summed E-state index contributed by atoms with van der Waals surface area (Å²) < 4.78 is 0. The van der Waals surface area contributed by atoms with Crippen LogP contribution in [0.1, 0.15) is 39.2 Å². The average molecular weight is 240 g/mol. The molecule has 0 aliphatic heterocycles. The van der Waals surface area contributed by atoms with Crippen LogP contribution in [0.4, 0.5) is 0 Å². The van der Waals surface area contributed by atoms with Crippen molar-refractivity contribution in [3.05, 3.63) is 34.9 Å².